The Labute approximate surface area is 178 Å². The van der Waals surface area contributed by atoms with E-state index >= 15 is 0 Å². The van der Waals surface area contributed by atoms with Crippen molar-refractivity contribution in [3.05, 3.63) is 52.2 Å². The zero-order chi connectivity index (χ0) is 22.4. The summed E-state index contributed by atoms with van der Waals surface area (Å²) in [4.78, 5) is 44.8. The Balaban J connectivity index is 2.28. The van der Waals surface area contributed by atoms with Gasteiger partial charge in [0.2, 0.25) is 11.3 Å². The average Bonchev–Trinajstić information content (AvgIpc) is 2.73. The number of nitrogens with zero attached hydrogens (tertiary/aromatic N) is 3. The monoisotopic (exact) mass is 417 g/mol. The minimum absolute atomic E-state index is 0.0251. The number of hydrogen-bond donors (Lipinski definition) is 2. The highest BCUT2D eigenvalue weighted by Gasteiger charge is 2.27. The summed E-state index contributed by atoms with van der Waals surface area (Å²) in [5.41, 5.74) is 3.44. The number of benzene rings is 3. The van der Waals surface area contributed by atoms with Crippen LogP contribution in [0.15, 0.2) is 41.2 Å². The molecule has 1 heterocycles. The third kappa shape index (κ3) is 3.16. The Morgan fingerprint density at radius 1 is 1.13 bits per heavy atom. The van der Waals surface area contributed by atoms with Gasteiger partial charge in [-0.25, -0.2) is 4.98 Å². The van der Waals surface area contributed by atoms with Gasteiger partial charge in [-0.15, -0.1) is 0 Å². The molecule has 2 aromatic carbocycles. The van der Waals surface area contributed by atoms with Gasteiger partial charge < -0.3 is 20.1 Å². The number of carbonyl (C=O) groups is 2. The number of rotatable bonds is 3. The summed E-state index contributed by atoms with van der Waals surface area (Å²) in [6.07, 6.45) is 0. The maximum absolute atomic E-state index is 13.4. The van der Waals surface area contributed by atoms with Crippen molar-refractivity contribution in [3.63, 3.8) is 0 Å². The van der Waals surface area contributed by atoms with Crippen LogP contribution in [0.25, 0.3) is 33.2 Å². The summed E-state index contributed by atoms with van der Waals surface area (Å²) in [6.45, 7) is 1.41. The molecule has 158 valence electrons. The number of fused-ring (bicyclic) bond motifs is 4. The second-order valence-corrected chi connectivity index (χ2v) is 7.63. The quantitative estimate of drug-likeness (QED) is 0.395. The summed E-state index contributed by atoms with van der Waals surface area (Å²) in [5, 5.41) is 6.20. The minimum atomic E-state index is -0.484. The SMILES string of the molecule is CNC(=O)c1c2n(C)c3cc(N(C)C)ccc3nc-2c2c(NC(C)=O)cccc2c1=O. The fraction of sp³-hybridized carbons (Fsp3) is 0.217. The van der Waals surface area contributed by atoms with Crippen LogP contribution in [0.5, 0.6) is 0 Å². The van der Waals surface area contributed by atoms with Crippen LogP contribution in [0.2, 0.25) is 0 Å². The normalized spacial score (nSPS) is 11.1. The van der Waals surface area contributed by atoms with Gasteiger partial charge in [0, 0.05) is 51.6 Å². The smallest absolute Gasteiger partial charge is 0.257 e. The number of carbonyl (C=O) groups excluding carboxylic acids is 2. The Morgan fingerprint density at radius 2 is 1.87 bits per heavy atom. The first-order valence-corrected chi connectivity index (χ1v) is 9.80. The van der Waals surface area contributed by atoms with E-state index in [-0.39, 0.29) is 11.5 Å². The molecular formula is C23H23N5O3. The van der Waals surface area contributed by atoms with Crippen LogP contribution in [0, 0.1) is 0 Å². The predicted octanol–water partition coefficient (Wildman–Crippen LogP) is 2.58. The van der Waals surface area contributed by atoms with E-state index in [1.165, 1.54) is 14.0 Å². The van der Waals surface area contributed by atoms with Gasteiger partial charge in [-0.1, -0.05) is 12.1 Å². The van der Waals surface area contributed by atoms with E-state index in [4.69, 9.17) is 4.98 Å². The standard InChI is InChI=1S/C23H23N5O3/c1-12(29)25-16-8-6-7-14-18(16)20-21(19(22(14)30)23(31)24-2)28(5)17-11-13(27(3)4)9-10-15(17)26-20/h6-11H,1-5H3,(H,24,31)(H,25,29). The van der Waals surface area contributed by atoms with Gasteiger partial charge in [-0.3, -0.25) is 14.4 Å². The van der Waals surface area contributed by atoms with Crippen LogP contribution in [-0.2, 0) is 11.8 Å². The molecule has 0 atom stereocenters. The van der Waals surface area contributed by atoms with E-state index < -0.39 is 11.3 Å². The number of amides is 2. The first-order valence-electron chi connectivity index (χ1n) is 9.80. The molecule has 0 unspecified atom stereocenters. The second kappa shape index (κ2) is 7.39. The van der Waals surface area contributed by atoms with Crippen LogP contribution >= 0.6 is 0 Å². The van der Waals surface area contributed by atoms with Crippen LogP contribution in [0.4, 0.5) is 11.4 Å². The van der Waals surface area contributed by atoms with E-state index in [0.717, 1.165) is 11.2 Å². The molecule has 0 fully saturated rings. The maximum Gasteiger partial charge on any atom is 0.257 e. The fourth-order valence-corrected chi connectivity index (χ4v) is 3.93. The highest BCUT2D eigenvalue weighted by Crippen LogP contribution is 2.37. The molecular weight excluding hydrogens is 394 g/mol. The summed E-state index contributed by atoms with van der Waals surface area (Å²) >= 11 is 0. The summed E-state index contributed by atoms with van der Waals surface area (Å²) < 4.78 is 1.82. The third-order valence-corrected chi connectivity index (χ3v) is 5.40. The summed E-state index contributed by atoms with van der Waals surface area (Å²) in [6, 6.07) is 10.9. The highest BCUT2D eigenvalue weighted by molar-refractivity contribution is 6.14. The number of aromatic nitrogens is 2. The van der Waals surface area contributed by atoms with Crippen molar-refractivity contribution in [1.82, 2.24) is 14.9 Å². The number of anilines is 2. The van der Waals surface area contributed by atoms with Gasteiger partial charge >= 0.3 is 0 Å². The highest BCUT2D eigenvalue weighted by atomic mass is 16.2. The lowest BCUT2D eigenvalue weighted by Gasteiger charge is -2.22. The molecule has 0 saturated heterocycles. The van der Waals surface area contributed by atoms with E-state index in [1.54, 1.807) is 18.2 Å². The lowest BCUT2D eigenvalue weighted by atomic mass is 9.96. The molecule has 2 aromatic rings. The first kappa shape index (κ1) is 20.3. The molecule has 0 bridgehead atoms. The topological polar surface area (TPSA) is 96.3 Å². The molecule has 0 aromatic heterocycles. The number of hydrogen-bond acceptors (Lipinski definition) is 5. The van der Waals surface area contributed by atoms with Gasteiger partial charge in [-0.05, 0) is 24.3 Å². The molecule has 31 heavy (non-hydrogen) atoms. The predicted molar refractivity (Wildman–Crippen MR) is 123 cm³/mol. The Hall–Kier alpha value is -3.94. The molecule has 4 rings (SSSR count). The van der Waals surface area contributed by atoms with Crippen molar-refractivity contribution in [1.29, 1.82) is 0 Å². The van der Waals surface area contributed by atoms with Crippen molar-refractivity contribution in [3.8, 4) is 11.4 Å². The van der Waals surface area contributed by atoms with Crippen molar-refractivity contribution < 1.29 is 9.59 Å². The summed E-state index contributed by atoms with van der Waals surface area (Å²) in [7, 11) is 7.18. The van der Waals surface area contributed by atoms with E-state index in [9.17, 15) is 14.4 Å². The lowest BCUT2D eigenvalue weighted by Crippen LogP contribution is -2.29. The Morgan fingerprint density at radius 3 is 2.52 bits per heavy atom. The van der Waals surface area contributed by atoms with Crippen LogP contribution in [0.3, 0.4) is 0 Å². The molecule has 1 aliphatic heterocycles. The van der Waals surface area contributed by atoms with Gasteiger partial charge in [0.25, 0.3) is 5.91 Å². The van der Waals surface area contributed by atoms with Crippen LogP contribution in [-0.4, -0.2) is 42.5 Å². The van der Waals surface area contributed by atoms with Crippen molar-refractivity contribution in [2.75, 3.05) is 31.4 Å². The van der Waals surface area contributed by atoms with E-state index in [0.29, 0.717) is 33.4 Å². The van der Waals surface area contributed by atoms with E-state index in [2.05, 4.69) is 10.6 Å². The fourth-order valence-electron chi connectivity index (χ4n) is 3.93. The molecule has 2 aliphatic rings. The maximum atomic E-state index is 13.4. The number of aryl methyl sites for hydroxylation is 1. The van der Waals surface area contributed by atoms with Gasteiger partial charge in [0.1, 0.15) is 5.56 Å². The van der Waals surface area contributed by atoms with Crippen LogP contribution < -0.4 is 21.0 Å². The molecule has 2 N–H and O–H groups in total. The zero-order valence-corrected chi connectivity index (χ0v) is 18.0. The Bertz CT molecular complexity index is 1400. The van der Waals surface area contributed by atoms with Crippen LogP contribution in [0.1, 0.15) is 17.3 Å². The second-order valence-electron chi connectivity index (χ2n) is 7.63. The molecule has 8 nitrogen and oxygen atoms in total. The summed E-state index contributed by atoms with van der Waals surface area (Å²) in [5.74, 6) is -0.744. The molecule has 0 saturated carbocycles. The molecule has 1 aliphatic carbocycles. The third-order valence-electron chi connectivity index (χ3n) is 5.40. The minimum Gasteiger partial charge on any atom is -0.378 e. The molecule has 8 heteroatoms. The van der Waals surface area contributed by atoms with Gasteiger partial charge in [-0.2, -0.15) is 0 Å². The van der Waals surface area contributed by atoms with Crippen molar-refractivity contribution in [2.24, 2.45) is 7.05 Å². The largest absolute Gasteiger partial charge is 0.378 e. The molecule has 0 radical (unpaired) electrons. The lowest BCUT2D eigenvalue weighted by molar-refractivity contribution is -0.114. The molecule has 2 amide bonds. The van der Waals surface area contributed by atoms with Gasteiger partial charge in [0.05, 0.1) is 28.1 Å². The first-order chi connectivity index (χ1) is 14.7. The zero-order valence-electron chi connectivity index (χ0n) is 18.0. The number of nitrogens with one attached hydrogen (secondary N) is 2. The van der Waals surface area contributed by atoms with E-state index in [1.807, 2.05) is 48.8 Å². The Kier molecular flexibility index (Phi) is 4.85. The van der Waals surface area contributed by atoms with Crippen molar-refractivity contribution >= 4 is 45.0 Å². The van der Waals surface area contributed by atoms with Gasteiger partial charge in [0.15, 0.2) is 0 Å². The molecule has 0 spiro atoms. The van der Waals surface area contributed by atoms with Crippen molar-refractivity contribution in [2.45, 2.75) is 6.92 Å². The average molecular weight is 417 g/mol.